The van der Waals surface area contributed by atoms with Crippen LogP contribution in [0.1, 0.15) is 22.3 Å². The van der Waals surface area contributed by atoms with E-state index in [9.17, 15) is 0 Å². The molecule has 0 amide bonds. The number of benzene rings is 12. The van der Waals surface area contributed by atoms with Crippen molar-refractivity contribution in [3.05, 3.63) is 306 Å². The van der Waals surface area contributed by atoms with Crippen molar-refractivity contribution in [1.29, 1.82) is 0 Å². The largest absolute Gasteiger partial charge is 0.309 e. The predicted molar refractivity (Wildman–Crippen MR) is 315 cm³/mol. The Labute approximate surface area is 441 Å². The third-order valence-corrected chi connectivity index (χ3v) is 16.3. The van der Waals surface area contributed by atoms with E-state index in [1.54, 1.807) is 0 Å². The molecule has 13 aromatic rings. The van der Waals surface area contributed by atoms with Crippen molar-refractivity contribution in [3.63, 3.8) is 0 Å². The van der Waals surface area contributed by atoms with Gasteiger partial charge in [-0.3, -0.25) is 0 Å². The lowest BCUT2D eigenvalue weighted by atomic mass is 9.70. The molecule has 0 aliphatic heterocycles. The van der Waals surface area contributed by atoms with Crippen LogP contribution >= 0.6 is 11.6 Å². The number of aromatic nitrogens is 1. The minimum absolute atomic E-state index is 0.455. The third kappa shape index (κ3) is 6.45. The van der Waals surface area contributed by atoms with Gasteiger partial charge in [-0.05, 0) is 154 Å². The lowest BCUT2D eigenvalue weighted by molar-refractivity contribution is 0.794. The van der Waals surface area contributed by atoms with Crippen LogP contribution < -0.4 is 0 Å². The summed E-state index contributed by atoms with van der Waals surface area (Å²) in [6.45, 7) is 0. The molecule has 1 heterocycles. The maximum atomic E-state index is 6.75. The van der Waals surface area contributed by atoms with Gasteiger partial charge in [0.05, 0.1) is 16.4 Å². The number of hydrogen-bond acceptors (Lipinski definition) is 0. The zero-order valence-corrected chi connectivity index (χ0v) is 41.6. The first-order chi connectivity index (χ1) is 37.2. The van der Waals surface area contributed by atoms with E-state index in [0.29, 0.717) is 5.02 Å². The second-order valence-corrected chi connectivity index (χ2v) is 20.4. The van der Waals surface area contributed by atoms with Gasteiger partial charge < -0.3 is 4.57 Å². The van der Waals surface area contributed by atoms with Gasteiger partial charge in [0.15, 0.2) is 0 Å². The highest BCUT2D eigenvalue weighted by molar-refractivity contribution is 6.30. The second-order valence-electron chi connectivity index (χ2n) is 19.9. The molecule has 2 heteroatoms. The smallest absolute Gasteiger partial charge is 0.0726 e. The zero-order chi connectivity index (χ0) is 49.6. The van der Waals surface area contributed by atoms with E-state index in [-0.39, 0.29) is 0 Å². The summed E-state index contributed by atoms with van der Waals surface area (Å²) in [5.41, 5.74) is 27.4. The Morgan fingerprint density at radius 3 is 1.04 bits per heavy atom. The molecule has 2 aliphatic rings. The predicted octanol–water partition coefficient (Wildman–Crippen LogP) is 19.8. The van der Waals surface area contributed by atoms with Gasteiger partial charge in [-0.1, -0.05) is 248 Å². The molecule has 0 unspecified atom stereocenters. The van der Waals surface area contributed by atoms with Crippen LogP contribution in [0, 0.1) is 0 Å². The third-order valence-electron chi connectivity index (χ3n) is 16.1. The van der Waals surface area contributed by atoms with Crippen molar-refractivity contribution in [1.82, 2.24) is 4.57 Å². The molecule has 0 saturated carbocycles. The summed E-state index contributed by atoms with van der Waals surface area (Å²) in [4.78, 5) is 0. The van der Waals surface area contributed by atoms with Gasteiger partial charge in [-0.2, -0.15) is 0 Å². The SMILES string of the molecule is Clc1ccc(-c2c(-c3ccccc3)c(-c3ccccc3)c(-c3ccccc3)c(-c3ccccc3)c2-c2ccc(-n3c4ccccc4c4cc5c(cc43)C3(c4ccccc4-c4ccccc43)c3ccccc3-5)cc2)cc1. The Morgan fingerprint density at radius 2 is 0.600 bits per heavy atom. The summed E-state index contributed by atoms with van der Waals surface area (Å²) in [6.07, 6.45) is 0. The molecule has 0 radical (unpaired) electrons. The molecule has 1 aromatic heterocycles. The van der Waals surface area contributed by atoms with Gasteiger partial charge in [0, 0.05) is 21.5 Å². The molecule has 75 heavy (non-hydrogen) atoms. The maximum Gasteiger partial charge on any atom is 0.0726 e. The van der Waals surface area contributed by atoms with E-state index in [2.05, 4.69) is 271 Å². The first kappa shape index (κ1) is 43.3. The van der Waals surface area contributed by atoms with Crippen LogP contribution in [0.25, 0.3) is 117 Å². The molecule has 0 bridgehead atoms. The van der Waals surface area contributed by atoms with Crippen LogP contribution in [-0.4, -0.2) is 4.57 Å². The van der Waals surface area contributed by atoms with Crippen LogP contribution in [0.5, 0.6) is 0 Å². The maximum absolute atomic E-state index is 6.75. The summed E-state index contributed by atoms with van der Waals surface area (Å²) >= 11 is 6.75. The fourth-order valence-corrected chi connectivity index (χ4v) is 13.3. The van der Waals surface area contributed by atoms with E-state index >= 15 is 0 Å². The minimum atomic E-state index is -0.455. The van der Waals surface area contributed by atoms with Gasteiger partial charge in [0.2, 0.25) is 0 Å². The summed E-state index contributed by atoms with van der Waals surface area (Å²) < 4.78 is 2.50. The molecule has 1 spiro atoms. The van der Waals surface area contributed by atoms with Crippen LogP contribution in [0.3, 0.4) is 0 Å². The monoisotopic (exact) mass is 971 g/mol. The van der Waals surface area contributed by atoms with Gasteiger partial charge >= 0.3 is 0 Å². The molecule has 2 aliphatic carbocycles. The molecule has 350 valence electrons. The number of nitrogens with zero attached hydrogens (tertiary/aromatic N) is 1. The van der Waals surface area contributed by atoms with Crippen LogP contribution in [0.4, 0.5) is 0 Å². The molecule has 0 atom stereocenters. The standard InChI is InChI=1S/C73H46ClN/c74-53-41-37-51(38-42-53)71-69(49-25-9-3-10-26-49)67(47-21-5-1-6-22-47)68(48-23-7-2-8-24-48)70(50-27-11-4-12-28-50)72(71)52-39-43-54(44-40-52)75-65-36-20-16-32-58(65)60-45-59-57-31-15-19-35-63(57)73(64(59)46-66(60)75)61-33-17-13-29-55(61)56-30-14-18-34-62(56)73/h1-46H. The first-order valence-electron chi connectivity index (χ1n) is 25.9. The number of rotatable bonds is 7. The van der Waals surface area contributed by atoms with Crippen LogP contribution in [0.2, 0.25) is 5.02 Å². The van der Waals surface area contributed by atoms with E-state index in [1.165, 1.54) is 88.6 Å². The molecule has 15 rings (SSSR count). The highest BCUT2D eigenvalue weighted by Gasteiger charge is 2.51. The lowest BCUT2D eigenvalue weighted by Gasteiger charge is -2.30. The Balaban J connectivity index is 1.03. The minimum Gasteiger partial charge on any atom is -0.309 e. The number of hydrogen-bond donors (Lipinski definition) is 0. The van der Waals surface area contributed by atoms with Crippen molar-refractivity contribution in [2.75, 3.05) is 0 Å². The molecular formula is C73H46ClN. The number of fused-ring (bicyclic) bond motifs is 13. The Morgan fingerprint density at radius 1 is 0.253 bits per heavy atom. The molecule has 12 aromatic carbocycles. The van der Waals surface area contributed by atoms with Gasteiger partial charge in [-0.25, -0.2) is 0 Å². The van der Waals surface area contributed by atoms with Crippen molar-refractivity contribution >= 4 is 33.4 Å². The van der Waals surface area contributed by atoms with E-state index in [0.717, 1.165) is 50.2 Å². The molecule has 0 saturated heterocycles. The summed E-state index contributed by atoms with van der Waals surface area (Å²) in [6, 6.07) is 103. The molecule has 1 nitrogen and oxygen atoms in total. The Kier molecular flexibility index (Phi) is 9.92. The van der Waals surface area contributed by atoms with Crippen molar-refractivity contribution in [2.24, 2.45) is 0 Å². The zero-order valence-electron chi connectivity index (χ0n) is 40.9. The van der Waals surface area contributed by atoms with Gasteiger partial charge in [0.1, 0.15) is 0 Å². The van der Waals surface area contributed by atoms with E-state index < -0.39 is 5.41 Å². The van der Waals surface area contributed by atoms with Crippen LogP contribution in [0.15, 0.2) is 279 Å². The van der Waals surface area contributed by atoms with Gasteiger partial charge in [-0.15, -0.1) is 0 Å². The average Bonchev–Trinajstić information content (AvgIpc) is 4.16. The summed E-state index contributed by atoms with van der Waals surface area (Å²) in [5, 5.41) is 3.18. The first-order valence-corrected chi connectivity index (χ1v) is 26.2. The molecule has 0 fully saturated rings. The van der Waals surface area contributed by atoms with Crippen molar-refractivity contribution in [3.8, 4) is 94.7 Å². The topological polar surface area (TPSA) is 4.93 Å². The normalized spacial score (nSPS) is 12.7. The highest BCUT2D eigenvalue weighted by atomic mass is 35.5. The number of halogens is 1. The molecular weight excluding hydrogens is 926 g/mol. The lowest BCUT2D eigenvalue weighted by Crippen LogP contribution is -2.25. The van der Waals surface area contributed by atoms with E-state index in [4.69, 9.17) is 11.6 Å². The van der Waals surface area contributed by atoms with E-state index in [1.807, 2.05) is 12.1 Å². The van der Waals surface area contributed by atoms with Crippen molar-refractivity contribution in [2.45, 2.75) is 5.41 Å². The van der Waals surface area contributed by atoms with Crippen LogP contribution in [-0.2, 0) is 5.41 Å². The number of para-hydroxylation sites is 1. The average molecular weight is 973 g/mol. The fourth-order valence-electron chi connectivity index (χ4n) is 13.1. The summed E-state index contributed by atoms with van der Waals surface area (Å²) in [7, 11) is 0. The fraction of sp³-hybridized carbons (Fsp3) is 0.0137. The Hall–Kier alpha value is -9.27. The summed E-state index contributed by atoms with van der Waals surface area (Å²) in [5.74, 6) is 0. The van der Waals surface area contributed by atoms with Crippen molar-refractivity contribution < 1.29 is 0 Å². The highest BCUT2D eigenvalue weighted by Crippen LogP contribution is 2.64. The van der Waals surface area contributed by atoms with Gasteiger partial charge in [0.25, 0.3) is 0 Å². The second kappa shape index (κ2) is 17.2. The Bertz CT molecular complexity index is 4320. The quantitative estimate of drug-likeness (QED) is 0.150. The molecule has 0 N–H and O–H groups in total.